The van der Waals surface area contributed by atoms with Gasteiger partial charge in [-0.3, -0.25) is 4.79 Å². The number of rotatable bonds is 9. The number of hydrogen-bond donors (Lipinski definition) is 3. The maximum Gasteiger partial charge on any atom is 0.246 e. The molecule has 1 saturated carbocycles. The van der Waals surface area contributed by atoms with Crippen LogP contribution in [0.15, 0.2) is 48.8 Å². The Morgan fingerprint density at radius 3 is 2.80 bits per heavy atom. The van der Waals surface area contributed by atoms with Crippen LogP contribution in [0, 0.1) is 5.41 Å². The van der Waals surface area contributed by atoms with Gasteiger partial charge in [0.05, 0.1) is 16.9 Å². The molecule has 5 rings (SSSR count). The number of benzene rings is 1. The summed E-state index contributed by atoms with van der Waals surface area (Å²) in [7, 11) is 4.01. The Labute approximate surface area is 242 Å². The quantitative estimate of drug-likeness (QED) is 0.305. The van der Waals surface area contributed by atoms with Crippen LogP contribution in [-0.2, 0) is 4.79 Å². The molecule has 0 unspecified atom stereocenters. The number of aromatic nitrogens is 3. The highest BCUT2D eigenvalue weighted by molar-refractivity contribution is 6.33. The number of piperidine rings is 1. The highest BCUT2D eigenvalue weighted by Crippen LogP contribution is 2.34. The Morgan fingerprint density at radius 1 is 1.23 bits per heavy atom. The van der Waals surface area contributed by atoms with Gasteiger partial charge in [-0.2, -0.15) is 0 Å². The van der Waals surface area contributed by atoms with E-state index in [0.717, 1.165) is 80.4 Å². The van der Waals surface area contributed by atoms with Crippen molar-refractivity contribution in [1.82, 2.24) is 30.1 Å². The zero-order chi connectivity index (χ0) is 28.1. The normalized spacial score (nSPS) is 21.4. The standard InChI is InChI=1S/C31H42ClN7O/c1-31(13-16-39(17-14-31)28(40)12-7-15-38(2)3)21-35-22-8-6-9-23(18-22)36-30-34-20-26(32)29(37-30)25-19-33-27-11-5-4-10-24(25)27/h4-5,7,10-12,19-20,22-23,33,35H,6,8-9,13-18,21H2,1-3H3,(H,34,36,37)/b12-7+/t22-,23+/m0/s1. The SMILES string of the molecule is CN(C)C/C=C/C(=O)N1CCC(C)(CN[C@H]2CCC[C@@H](Nc3ncc(Cl)c(-c4c[nH]c5ccccc45)n3)C2)CC1. The van der Waals surface area contributed by atoms with Crippen molar-refractivity contribution in [1.29, 1.82) is 0 Å². The lowest BCUT2D eigenvalue weighted by atomic mass is 9.79. The second-order valence-electron chi connectivity index (χ2n) is 12.0. The molecule has 2 aromatic heterocycles. The predicted molar refractivity (Wildman–Crippen MR) is 164 cm³/mol. The van der Waals surface area contributed by atoms with Crippen molar-refractivity contribution < 1.29 is 4.79 Å². The van der Waals surface area contributed by atoms with E-state index in [1.165, 1.54) is 6.42 Å². The summed E-state index contributed by atoms with van der Waals surface area (Å²) in [6.07, 6.45) is 13.9. The van der Waals surface area contributed by atoms with E-state index in [-0.39, 0.29) is 11.3 Å². The van der Waals surface area contributed by atoms with Crippen LogP contribution in [0.3, 0.4) is 0 Å². The average molecular weight is 564 g/mol. The van der Waals surface area contributed by atoms with Crippen LogP contribution in [0.5, 0.6) is 0 Å². The molecule has 0 radical (unpaired) electrons. The van der Waals surface area contributed by atoms with E-state index in [9.17, 15) is 4.79 Å². The topological polar surface area (TPSA) is 89.2 Å². The summed E-state index contributed by atoms with van der Waals surface area (Å²) in [5.74, 6) is 0.759. The molecule has 2 fully saturated rings. The minimum absolute atomic E-state index is 0.135. The summed E-state index contributed by atoms with van der Waals surface area (Å²) >= 11 is 6.54. The zero-order valence-corrected chi connectivity index (χ0v) is 24.7. The average Bonchev–Trinajstić information content (AvgIpc) is 3.37. The Kier molecular flexibility index (Phi) is 9.08. The molecule has 2 aliphatic rings. The molecule has 214 valence electrons. The van der Waals surface area contributed by atoms with Gasteiger partial charge in [-0.15, -0.1) is 0 Å². The number of amides is 1. The number of fused-ring (bicyclic) bond motifs is 1. The molecular weight excluding hydrogens is 522 g/mol. The van der Waals surface area contributed by atoms with Gasteiger partial charge in [0.15, 0.2) is 0 Å². The first-order valence-electron chi connectivity index (χ1n) is 14.5. The number of likely N-dealkylation sites (tertiary alicyclic amines) is 1. The van der Waals surface area contributed by atoms with Crippen molar-refractivity contribution in [2.24, 2.45) is 5.41 Å². The molecule has 2 atom stereocenters. The van der Waals surface area contributed by atoms with Crippen molar-refractivity contribution in [3.05, 3.63) is 53.8 Å². The number of nitrogens with zero attached hydrogens (tertiary/aromatic N) is 4. The second kappa shape index (κ2) is 12.7. The first kappa shape index (κ1) is 28.6. The van der Waals surface area contributed by atoms with Crippen molar-refractivity contribution in [2.45, 2.75) is 57.5 Å². The van der Waals surface area contributed by atoms with Crippen LogP contribution in [0.2, 0.25) is 5.02 Å². The van der Waals surface area contributed by atoms with Gasteiger partial charge in [0.2, 0.25) is 11.9 Å². The zero-order valence-electron chi connectivity index (χ0n) is 23.9. The largest absolute Gasteiger partial charge is 0.360 e. The molecule has 0 spiro atoms. The molecular formula is C31H42ClN7O. The molecule has 3 aromatic rings. The van der Waals surface area contributed by atoms with Crippen LogP contribution >= 0.6 is 11.6 Å². The van der Waals surface area contributed by atoms with E-state index >= 15 is 0 Å². The fourth-order valence-electron chi connectivity index (χ4n) is 5.89. The van der Waals surface area contributed by atoms with Gasteiger partial charge >= 0.3 is 0 Å². The van der Waals surface area contributed by atoms with E-state index in [2.05, 4.69) is 44.6 Å². The summed E-state index contributed by atoms with van der Waals surface area (Å²) in [5.41, 5.74) is 3.00. The molecule has 1 aliphatic carbocycles. The summed E-state index contributed by atoms with van der Waals surface area (Å²) in [5, 5.41) is 9.11. The number of halogens is 1. The number of likely N-dealkylation sites (N-methyl/N-ethyl adjacent to an activating group) is 1. The number of para-hydroxylation sites is 1. The van der Waals surface area contributed by atoms with Gasteiger partial charge in [0, 0.05) is 67.0 Å². The van der Waals surface area contributed by atoms with Gasteiger partial charge in [-0.25, -0.2) is 9.97 Å². The molecule has 1 aromatic carbocycles. The van der Waals surface area contributed by atoms with E-state index in [0.29, 0.717) is 23.1 Å². The minimum Gasteiger partial charge on any atom is -0.360 e. The van der Waals surface area contributed by atoms with E-state index in [1.807, 2.05) is 43.4 Å². The molecule has 8 nitrogen and oxygen atoms in total. The monoisotopic (exact) mass is 563 g/mol. The molecule has 40 heavy (non-hydrogen) atoms. The van der Waals surface area contributed by atoms with Gasteiger partial charge in [0.1, 0.15) is 0 Å². The van der Waals surface area contributed by atoms with E-state index in [1.54, 1.807) is 12.3 Å². The summed E-state index contributed by atoms with van der Waals surface area (Å²) in [6.45, 7) is 5.77. The Morgan fingerprint density at radius 2 is 2.00 bits per heavy atom. The van der Waals surface area contributed by atoms with Gasteiger partial charge in [0.25, 0.3) is 0 Å². The molecule has 1 saturated heterocycles. The fourth-order valence-corrected chi connectivity index (χ4v) is 6.08. The first-order chi connectivity index (χ1) is 19.3. The lowest BCUT2D eigenvalue weighted by molar-refractivity contribution is -0.128. The highest BCUT2D eigenvalue weighted by Gasteiger charge is 2.32. The van der Waals surface area contributed by atoms with Crippen LogP contribution in [0.4, 0.5) is 5.95 Å². The van der Waals surface area contributed by atoms with E-state index < -0.39 is 0 Å². The van der Waals surface area contributed by atoms with Crippen LogP contribution < -0.4 is 10.6 Å². The van der Waals surface area contributed by atoms with Crippen LogP contribution in [-0.4, -0.2) is 83.0 Å². The third-order valence-electron chi connectivity index (χ3n) is 8.43. The number of hydrogen-bond acceptors (Lipinski definition) is 6. The molecule has 3 heterocycles. The van der Waals surface area contributed by atoms with Gasteiger partial charge < -0.3 is 25.4 Å². The number of carbonyl (C=O) groups excluding carboxylic acids is 1. The molecule has 1 amide bonds. The third-order valence-corrected chi connectivity index (χ3v) is 8.70. The summed E-state index contributed by atoms with van der Waals surface area (Å²) in [4.78, 5) is 29.2. The van der Waals surface area contributed by atoms with Crippen molar-refractivity contribution in [3.63, 3.8) is 0 Å². The number of H-pyrrole nitrogens is 1. The molecule has 1 aliphatic heterocycles. The summed E-state index contributed by atoms with van der Waals surface area (Å²) < 4.78 is 0. The van der Waals surface area contributed by atoms with Crippen LogP contribution in [0.25, 0.3) is 22.2 Å². The highest BCUT2D eigenvalue weighted by atomic mass is 35.5. The number of nitrogens with one attached hydrogen (secondary N) is 3. The molecule has 3 N–H and O–H groups in total. The third kappa shape index (κ3) is 7.03. The second-order valence-corrected chi connectivity index (χ2v) is 12.4. The van der Waals surface area contributed by atoms with Crippen molar-refractivity contribution >= 4 is 34.4 Å². The van der Waals surface area contributed by atoms with Gasteiger partial charge in [-0.1, -0.05) is 42.8 Å². The number of carbonyl (C=O) groups is 1. The maximum atomic E-state index is 12.5. The predicted octanol–water partition coefficient (Wildman–Crippen LogP) is 5.34. The minimum atomic E-state index is 0.135. The maximum absolute atomic E-state index is 12.5. The molecule has 0 bridgehead atoms. The van der Waals surface area contributed by atoms with Gasteiger partial charge in [-0.05, 0) is 64.1 Å². The summed E-state index contributed by atoms with van der Waals surface area (Å²) in [6, 6.07) is 8.94. The fraction of sp³-hybridized carbons (Fsp3) is 0.516. The molecule has 9 heteroatoms. The lowest BCUT2D eigenvalue weighted by Crippen LogP contribution is -2.48. The smallest absolute Gasteiger partial charge is 0.246 e. The number of aromatic amines is 1. The van der Waals surface area contributed by atoms with Crippen molar-refractivity contribution in [2.75, 3.05) is 45.6 Å². The van der Waals surface area contributed by atoms with E-state index in [4.69, 9.17) is 16.6 Å². The van der Waals surface area contributed by atoms with Crippen molar-refractivity contribution in [3.8, 4) is 11.3 Å². The number of anilines is 1. The Bertz CT molecular complexity index is 1330. The Hall–Kier alpha value is -2.94. The van der Waals surface area contributed by atoms with Crippen LogP contribution in [0.1, 0.15) is 45.4 Å². The first-order valence-corrected chi connectivity index (χ1v) is 14.9. The Balaban J connectivity index is 1.13. The lowest BCUT2D eigenvalue weighted by Gasteiger charge is -2.41.